The molecule has 0 bridgehead atoms. The van der Waals surface area contributed by atoms with Crippen molar-refractivity contribution in [2.24, 2.45) is 0 Å². The van der Waals surface area contributed by atoms with Crippen LogP contribution < -0.4 is 5.43 Å². The Balaban J connectivity index is 1.85. The number of hydrogen-bond donors (Lipinski definition) is 1. The molecule has 0 atom stereocenters. The second kappa shape index (κ2) is 5.30. The molecule has 2 aromatic rings. The first-order valence-corrected chi connectivity index (χ1v) is 7.29. The van der Waals surface area contributed by atoms with Gasteiger partial charge in [0.2, 0.25) is 0 Å². The molecular weight excluding hydrogens is 352 g/mol. The fourth-order valence-corrected chi connectivity index (χ4v) is 2.93. The van der Waals surface area contributed by atoms with Gasteiger partial charge in [0.1, 0.15) is 12.5 Å². The normalized spacial score (nSPS) is 15.9. The Hall–Kier alpha value is -1.19. The smallest absolute Gasteiger partial charge is 0.272 e. The summed E-state index contributed by atoms with van der Waals surface area (Å²) < 4.78 is 29.6. The van der Waals surface area contributed by atoms with Gasteiger partial charge in [-0.1, -0.05) is 0 Å². The molecule has 3 rings (SSSR count). The number of hydrogen-bond acceptors (Lipinski definition) is 5. The Bertz CT molecular complexity index is 687. The molecule has 5 nitrogen and oxygen atoms in total. The summed E-state index contributed by atoms with van der Waals surface area (Å²) in [5, 5.41) is 0. The van der Waals surface area contributed by atoms with E-state index in [0.29, 0.717) is 12.3 Å². The Morgan fingerprint density at radius 1 is 1.50 bits per heavy atom. The SMILES string of the molecule is Cc1nc2ncc(Br)cc2n1CN1NC=C(C(F)F)S1. The van der Waals surface area contributed by atoms with E-state index in [0.717, 1.165) is 27.8 Å². The quantitative estimate of drug-likeness (QED) is 0.851. The lowest BCUT2D eigenvalue weighted by Gasteiger charge is -2.17. The molecule has 0 saturated heterocycles. The van der Waals surface area contributed by atoms with Crippen LogP contribution >= 0.6 is 27.9 Å². The van der Waals surface area contributed by atoms with Gasteiger partial charge in [-0.15, -0.1) is 4.41 Å². The molecule has 0 aromatic carbocycles. The number of rotatable bonds is 3. The van der Waals surface area contributed by atoms with E-state index >= 15 is 0 Å². The molecule has 1 aliphatic rings. The van der Waals surface area contributed by atoms with Crippen LogP contribution in [0.5, 0.6) is 0 Å². The molecule has 0 saturated carbocycles. The second-order valence-electron chi connectivity index (χ2n) is 4.17. The van der Waals surface area contributed by atoms with Gasteiger partial charge in [-0.2, -0.15) is 0 Å². The largest absolute Gasteiger partial charge is 0.314 e. The number of nitrogens with one attached hydrogen (secondary N) is 1. The Morgan fingerprint density at radius 3 is 3.00 bits per heavy atom. The first kappa shape index (κ1) is 13.8. The first-order valence-electron chi connectivity index (χ1n) is 5.73. The Morgan fingerprint density at radius 2 is 2.30 bits per heavy atom. The van der Waals surface area contributed by atoms with Gasteiger partial charge in [0.25, 0.3) is 6.43 Å². The summed E-state index contributed by atoms with van der Waals surface area (Å²) in [5.41, 5.74) is 4.29. The molecule has 0 amide bonds. The fourth-order valence-electron chi connectivity index (χ4n) is 1.89. The highest BCUT2D eigenvalue weighted by molar-refractivity contribution is 9.10. The fraction of sp³-hybridized carbons (Fsp3) is 0.273. The van der Waals surface area contributed by atoms with Crippen molar-refractivity contribution in [3.8, 4) is 0 Å². The molecule has 0 spiro atoms. The summed E-state index contributed by atoms with van der Waals surface area (Å²) in [6.45, 7) is 2.25. The van der Waals surface area contributed by atoms with Gasteiger partial charge in [0, 0.05) is 16.9 Å². The highest BCUT2D eigenvalue weighted by Crippen LogP contribution is 2.30. The van der Waals surface area contributed by atoms with Gasteiger partial charge < -0.3 is 9.99 Å². The maximum absolute atomic E-state index is 12.6. The van der Waals surface area contributed by atoms with E-state index in [1.807, 2.05) is 17.6 Å². The van der Waals surface area contributed by atoms with Crippen LogP contribution in [0.15, 0.2) is 27.8 Å². The molecule has 0 unspecified atom stereocenters. The van der Waals surface area contributed by atoms with Gasteiger partial charge in [-0.05, 0) is 40.9 Å². The highest BCUT2D eigenvalue weighted by atomic mass is 79.9. The van der Waals surface area contributed by atoms with Crippen molar-refractivity contribution in [1.82, 2.24) is 24.4 Å². The third kappa shape index (κ3) is 2.52. The van der Waals surface area contributed by atoms with Crippen molar-refractivity contribution in [2.45, 2.75) is 20.0 Å². The lowest BCUT2D eigenvalue weighted by molar-refractivity contribution is 0.200. The lowest BCUT2D eigenvalue weighted by atomic mass is 10.4. The predicted octanol–water partition coefficient (Wildman–Crippen LogP) is 3.03. The number of aryl methyl sites for hydroxylation is 1. The number of imidazole rings is 1. The lowest BCUT2D eigenvalue weighted by Crippen LogP contribution is -2.26. The average molecular weight is 362 g/mol. The summed E-state index contributed by atoms with van der Waals surface area (Å²) in [6.07, 6.45) is 0.532. The summed E-state index contributed by atoms with van der Waals surface area (Å²) in [4.78, 5) is 8.58. The number of alkyl halides is 2. The van der Waals surface area contributed by atoms with Crippen LogP contribution in [0, 0.1) is 6.92 Å². The predicted molar refractivity (Wildman–Crippen MR) is 76.6 cm³/mol. The molecule has 0 radical (unpaired) electrons. The van der Waals surface area contributed by atoms with Crippen LogP contribution in [0.4, 0.5) is 8.78 Å². The maximum atomic E-state index is 12.6. The van der Waals surface area contributed by atoms with E-state index in [-0.39, 0.29) is 4.91 Å². The minimum Gasteiger partial charge on any atom is -0.314 e. The number of pyridine rings is 1. The number of allylic oxidation sites excluding steroid dienone is 1. The van der Waals surface area contributed by atoms with Crippen molar-refractivity contribution in [1.29, 1.82) is 0 Å². The molecule has 1 aliphatic heterocycles. The summed E-state index contributed by atoms with van der Waals surface area (Å²) >= 11 is 4.36. The summed E-state index contributed by atoms with van der Waals surface area (Å²) in [5.74, 6) is 0.776. The van der Waals surface area contributed by atoms with Crippen molar-refractivity contribution < 1.29 is 8.78 Å². The van der Waals surface area contributed by atoms with Gasteiger partial charge in [0.15, 0.2) is 5.65 Å². The third-order valence-corrected chi connectivity index (χ3v) is 4.20. The number of nitrogens with zero attached hydrogens (tertiary/aromatic N) is 4. The van der Waals surface area contributed by atoms with Crippen LogP contribution in [0.3, 0.4) is 0 Å². The molecule has 0 aliphatic carbocycles. The van der Waals surface area contributed by atoms with E-state index in [1.54, 1.807) is 10.6 Å². The molecule has 9 heteroatoms. The number of aromatic nitrogens is 3. The van der Waals surface area contributed by atoms with Crippen molar-refractivity contribution in [2.75, 3.05) is 0 Å². The second-order valence-corrected chi connectivity index (χ2v) is 6.18. The zero-order chi connectivity index (χ0) is 14.3. The average Bonchev–Trinajstić information content (AvgIpc) is 2.97. The number of halogens is 3. The van der Waals surface area contributed by atoms with Gasteiger partial charge in [-0.3, -0.25) is 0 Å². The molecular formula is C11H10BrF2N5S. The molecule has 106 valence electrons. The van der Waals surface area contributed by atoms with Gasteiger partial charge >= 0.3 is 0 Å². The van der Waals surface area contributed by atoms with Crippen LogP contribution in [0.2, 0.25) is 0 Å². The number of fused-ring (bicyclic) bond motifs is 1. The van der Waals surface area contributed by atoms with Gasteiger partial charge in [-0.25, -0.2) is 18.7 Å². The van der Waals surface area contributed by atoms with E-state index in [9.17, 15) is 8.78 Å². The van der Waals surface area contributed by atoms with E-state index < -0.39 is 6.43 Å². The minimum absolute atomic E-state index is 0.00591. The summed E-state index contributed by atoms with van der Waals surface area (Å²) in [7, 11) is 0. The van der Waals surface area contributed by atoms with Crippen LogP contribution in [0.1, 0.15) is 5.82 Å². The molecule has 2 aromatic heterocycles. The molecule has 20 heavy (non-hydrogen) atoms. The Kier molecular flexibility index (Phi) is 3.65. The first-order chi connectivity index (χ1) is 9.54. The topological polar surface area (TPSA) is 46.0 Å². The van der Waals surface area contributed by atoms with Gasteiger partial charge in [0.05, 0.1) is 10.4 Å². The van der Waals surface area contributed by atoms with E-state index in [4.69, 9.17) is 0 Å². The van der Waals surface area contributed by atoms with Crippen molar-refractivity contribution >= 4 is 39.0 Å². The van der Waals surface area contributed by atoms with Crippen LogP contribution in [0.25, 0.3) is 11.2 Å². The molecule has 3 heterocycles. The monoisotopic (exact) mass is 361 g/mol. The third-order valence-electron chi connectivity index (χ3n) is 2.81. The zero-order valence-corrected chi connectivity index (χ0v) is 12.7. The maximum Gasteiger partial charge on any atom is 0.272 e. The summed E-state index contributed by atoms with van der Waals surface area (Å²) in [6, 6.07) is 1.91. The van der Waals surface area contributed by atoms with E-state index in [1.165, 1.54) is 6.20 Å². The zero-order valence-electron chi connectivity index (χ0n) is 10.3. The molecule has 0 fully saturated rings. The van der Waals surface area contributed by atoms with Crippen molar-refractivity contribution in [3.05, 3.63) is 33.7 Å². The number of hydrazine groups is 1. The minimum atomic E-state index is -2.46. The van der Waals surface area contributed by atoms with Crippen LogP contribution in [-0.2, 0) is 6.67 Å². The van der Waals surface area contributed by atoms with Crippen molar-refractivity contribution in [3.63, 3.8) is 0 Å². The standard InChI is InChI=1S/C11H10BrF2N5S/c1-6-17-11-8(2-7(12)3-15-11)18(6)5-19-16-4-9(20-19)10(13)14/h2-4,10,16H,5H2,1H3. The molecule has 1 N–H and O–H groups in total. The van der Waals surface area contributed by atoms with Crippen LogP contribution in [-0.4, -0.2) is 25.4 Å². The van der Waals surface area contributed by atoms with E-state index in [2.05, 4.69) is 31.3 Å². The highest BCUT2D eigenvalue weighted by Gasteiger charge is 2.23. The Labute approximate surface area is 126 Å².